The van der Waals surface area contributed by atoms with Crippen molar-refractivity contribution in [3.63, 3.8) is 0 Å². The standard InChI is InChI=1S/C18H19N3O3/c1-9(2)16-13(6-10(3)12(5)22)7-14(11(4)20-16)15-8-19-18(24)21-17(15)23/h6-8,22H,1,4H2,2-3,5H3,(H2,19,21,23,24). The van der Waals surface area contributed by atoms with Crippen molar-refractivity contribution in [2.45, 2.75) is 20.8 Å². The van der Waals surface area contributed by atoms with E-state index in [-0.39, 0.29) is 11.3 Å². The number of rotatable bonds is 3. The van der Waals surface area contributed by atoms with E-state index in [1.807, 2.05) is 6.92 Å². The van der Waals surface area contributed by atoms with Crippen molar-refractivity contribution in [1.82, 2.24) is 15.0 Å². The minimum atomic E-state index is -0.581. The van der Waals surface area contributed by atoms with Crippen molar-refractivity contribution >= 4 is 18.2 Å². The number of hydrogen-bond donors (Lipinski definition) is 3. The van der Waals surface area contributed by atoms with Gasteiger partial charge in [-0.15, -0.1) is 0 Å². The van der Waals surface area contributed by atoms with E-state index in [1.54, 1.807) is 26.0 Å². The Morgan fingerprint density at radius 2 is 1.92 bits per heavy atom. The molecule has 2 rings (SSSR count). The average Bonchev–Trinajstić information content (AvgIpc) is 2.48. The second kappa shape index (κ2) is 6.54. The molecule has 0 bridgehead atoms. The van der Waals surface area contributed by atoms with Gasteiger partial charge in [0.25, 0.3) is 5.56 Å². The van der Waals surface area contributed by atoms with Crippen LogP contribution in [0.15, 0.2) is 39.8 Å². The summed E-state index contributed by atoms with van der Waals surface area (Å²) in [5.74, 6) is 0.185. The van der Waals surface area contributed by atoms with Gasteiger partial charge in [0, 0.05) is 17.0 Å². The molecule has 0 aliphatic carbocycles. The van der Waals surface area contributed by atoms with Crippen molar-refractivity contribution in [2.75, 3.05) is 0 Å². The Hall–Kier alpha value is -3.15. The molecular formula is C18H19N3O3. The van der Waals surface area contributed by atoms with Crippen LogP contribution in [0.5, 0.6) is 0 Å². The first-order chi connectivity index (χ1) is 11.2. The number of nitrogens with zero attached hydrogens (tertiary/aromatic N) is 1. The molecule has 0 unspecified atom stereocenters. The van der Waals surface area contributed by atoms with Crippen LogP contribution in [0.1, 0.15) is 26.5 Å². The topological polar surface area (TPSA) is 98.8 Å². The summed E-state index contributed by atoms with van der Waals surface area (Å²) in [4.78, 5) is 32.3. The Labute approximate surface area is 138 Å². The molecule has 0 aliphatic rings. The number of nitrogens with one attached hydrogen (secondary N) is 2. The smallest absolute Gasteiger partial charge is 0.325 e. The summed E-state index contributed by atoms with van der Waals surface area (Å²) >= 11 is 0. The van der Waals surface area contributed by atoms with Crippen molar-refractivity contribution in [2.24, 2.45) is 0 Å². The molecule has 2 aromatic rings. The SMILES string of the molecule is C=C(C)c1nc(=C)c(-c2c[nH]c(=O)[nH]c2=O)cc1=CC(C)=C(C)O. The highest BCUT2D eigenvalue weighted by molar-refractivity contribution is 5.68. The maximum Gasteiger partial charge on any atom is 0.325 e. The first-order valence-electron chi connectivity index (χ1n) is 7.27. The molecule has 0 spiro atoms. The maximum atomic E-state index is 12.0. The number of aromatic nitrogens is 3. The first kappa shape index (κ1) is 17.2. The highest BCUT2D eigenvalue weighted by Gasteiger charge is 2.09. The third kappa shape index (κ3) is 3.43. The molecule has 0 saturated carbocycles. The predicted molar refractivity (Wildman–Crippen MR) is 95.9 cm³/mol. The van der Waals surface area contributed by atoms with Gasteiger partial charge in [0.15, 0.2) is 0 Å². The zero-order chi connectivity index (χ0) is 18.0. The minimum absolute atomic E-state index is 0.185. The minimum Gasteiger partial charge on any atom is -0.512 e. The van der Waals surface area contributed by atoms with Gasteiger partial charge >= 0.3 is 5.69 Å². The Bertz CT molecular complexity index is 1070. The maximum absolute atomic E-state index is 12.0. The third-order valence-corrected chi connectivity index (χ3v) is 3.59. The molecule has 0 aliphatic heterocycles. The van der Waals surface area contributed by atoms with E-state index in [9.17, 15) is 14.7 Å². The van der Waals surface area contributed by atoms with Crippen molar-refractivity contribution < 1.29 is 5.11 Å². The summed E-state index contributed by atoms with van der Waals surface area (Å²) in [6, 6.07) is 1.74. The van der Waals surface area contributed by atoms with E-state index in [0.717, 1.165) is 5.57 Å². The average molecular weight is 325 g/mol. The Morgan fingerprint density at radius 1 is 1.25 bits per heavy atom. The van der Waals surface area contributed by atoms with Crippen LogP contribution in [0.4, 0.5) is 0 Å². The second-order valence-corrected chi connectivity index (χ2v) is 5.60. The van der Waals surface area contributed by atoms with E-state index in [1.165, 1.54) is 6.20 Å². The van der Waals surface area contributed by atoms with Crippen LogP contribution in [0, 0.1) is 0 Å². The summed E-state index contributed by atoms with van der Waals surface area (Å²) in [5, 5.41) is 10.7. The predicted octanol–water partition coefficient (Wildman–Crippen LogP) is 1.20. The molecular weight excluding hydrogens is 306 g/mol. The fourth-order valence-electron chi connectivity index (χ4n) is 2.20. The molecule has 3 N–H and O–H groups in total. The highest BCUT2D eigenvalue weighted by Crippen LogP contribution is 2.09. The zero-order valence-corrected chi connectivity index (χ0v) is 13.9. The summed E-state index contributed by atoms with van der Waals surface area (Å²) in [6.07, 6.45) is 3.09. The van der Waals surface area contributed by atoms with Gasteiger partial charge in [-0.25, -0.2) is 9.78 Å². The summed E-state index contributed by atoms with van der Waals surface area (Å²) in [7, 11) is 0. The van der Waals surface area contributed by atoms with Gasteiger partial charge < -0.3 is 10.1 Å². The van der Waals surface area contributed by atoms with Crippen molar-refractivity contribution in [3.05, 3.63) is 67.3 Å². The summed E-state index contributed by atoms with van der Waals surface area (Å²) in [5.41, 5.74) is 1.68. The monoisotopic (exact) mass is 325 g/mol. The van der Waals surface area contributed by atoms with Crippen molar-refractivity contribution in [1.29, 1.82) is 0 Å². The fourth-order valence-corrected chi connectivity index (χ4v) is 2.20. The number of aromatic amines is 2. The second-order valence-electron chi connectivity index (χ2n) is 5.60. The molecule has 24 heavy (non-hydrogen) atoms. The van der Waals surface area contributed by atoms with Gasteiger partial charge in [-0.05, 0) is 44.1 Å². The number of pyridine rings is 1. The zero-order valence-electron chi connectivity index (χ0n) is 13.9. The Kier molecular flexibility index (Phi) is 4.69. The lowest BCUT2D eigenvalue weighted by atomic mass is 10.0. The lowest BCUT2D eigenvalue weighted by Gasteiger charge is -2.07. The molecule has 0 fully saturated rings. The number of allylic oxidation sites excluding steroid dienone is 3. The number of aliphatic hydroxyl groups is 1. The van der Waals surface area contributed by atoms with Crippen LogP contribution in [0.25, 0.3) is 29.4 Å². The van der Waals surface area contributed by atoms with Crippen LogP contribution in [0.3, 0.4) is 0 Å². The molecule has 0 radical (unpaired) electrons. The van der Waals surface area contributed by atoms with Crippen LogP contribution in [-0.2, 0) is 0 Å². The number of H-pyrrole nitrogens is 2. The Balaban J connectivity index is 2.89. The Morgan fingerprint density at radius 3 is 2.46 bits per heavy atom. The van der Waals surface area contributed by atoms with Gasteiger partial charge in [0.1, 0.15) is 0 Å². The highest BCUT2D eigenvalue weighted by atomic mass is 16.3. The molecule has 6 heteroatoms. The van der Waals surface area contributed by atoms with Gasteiger partial charge in [0.2, 0.25) is 0 Å². The van der Waals surface area contributed by atoms with Crippen LogP contribution in [0.2, 0.25) is 0 Å². The van der Waals surface area contributed by atoms with Crippen LogP contribution >= 0.6 is 0 Å². The molecule has 0 atom stereocenters. The van der Waals surface area contributed by atoms with E-state index in [0.29, 0.717) is 27.4 Å². The van der Waals surface area contributed by atoms with E-state index < -0.39 is 11.2 Å². The lowest BCUT2D eigenvalue weighted by Crippen LogP contribution is -2.27. The van der Waals surface area contributed by atoms with Gasteiger partial charge in [-0.3, -0.25) is 9.78 Å². The molecule has 6 nitrogen and oxygen atoms in total. The quantitative estimate of drug-likeness (QED) is 0.739. The molecule has 2 heterocycles. The van der Waals surface area contributed by atoms with E-state index in [4.69, 9.17) is 0 Å². The van der Waals surface area contributed by atoms with Gasteiger partial charge in [-0.2, -0.15) is 0 Å². The molecule has 2 aromatic heterocycles. The van der Waals surface area contributed by atoms with Crippen LogP contribution < -0.4 is 21.8 Å². The molecule has 124 valence electrons. The largest absolute Gasteiger partial charge is 0.512 e. The summed E-state index contributed by atoms with van der Waals surface area (Å²) in [6.45, 7) is 13.0. The fraction of sp³-hybridized carbons (Fsp3) is 0.167. The third-order valence-electron chi connectivity index (χ3n) is 3.59. The molecule has 0 aromatic carbocycles. The van der Waals surface area contributed by atoms with Crippen molar-refractivity contribution in [3.8, 4) is 11.1 Å². The van der Waals surface area contributed by atoms with E-state index >= 15 is 0 Å². The lowest BCUT2D eigenvalue weighted by molar-refractivity contribution is 0.410. The number of hydrogen-bond acceptors (Lipinski definition) is 4. The van der Waals surface area contributed by atoms with Gasteiger partial charge in [0.05, 0.1) is 22.4 Å². The van der Waals surface area contributed by atoms with Crippen LogP contribution in [-0.4, -0.2) is 20.1 Å². The molecule has 0 saturated heterocycles. The number of aliphatic hydroxyl groups excluding tert-OH is 1. The first-order valence-corrected chi connectivity index (χ1v) is 7.27. The van der Waals surface area contributed by atoms with Gasteiger partial charge in [-0.1, -0.05) is 13.2 Å². The summed E-state index contributed by atoms with van der Waals surface area (Å²) < 4.78 is 0. The van der Waals surface area contributed by atoms with E-state index in [2.05, 4.69) is 28.1 Å². The normalized spacial score (nSPS) is 12.9. The molecule has 0 amide bonds.